The van der Waals surface area contributed by atoms with Gasteiger partial charge in [-0.1, -0.05) is 31.0 Å². The summed E-state index contributed by atoms with van der Waals surface area (Å²) < 4.78 is 11.3. The second-order valence-corrected chi connectivity index (χ2v) is 6.01. The standard InChI is InChI=1S/C17H25NO3/c1-20-16-8-4-2-6-13(16)15(19)12-18-10-11-21-17-9-5-3-7-14(17)18/h2,4,6,8,14-15,17,19H,3,5,7,9-12H2,1H3. The Hall–Kier alpha value is -1.10. The quantitative estimate of drug-likeness (QED) is 0.925. The number of aliphatic hydroxyl groups excluding tert-OH is 1. The normalized spacial score (nSPS) is 27.9. The molecule has 1 aliphatic heterocycles. The van der Waals surface area contributed by atoms with Gasteiger partial charge >= 0.3 is 0 Å². The van der Waals surface area contributed by atoms with Gasteiger partial charge in [0, 0.05) is 24.7 Å². The van der Waals surface area contributed by atoms with Crippen LogP contribution in [0, 0.1) is 0 Å². The van der Waals surface area contributed by atoms with Crippen LogP contribution in [0.25, 0.3) is 0 Å². The van der Waals surface area contributed by atoms with Crippen molar-refractivity contribution in [2.45, 2.75) is 43.9 Å². The number of hydrogen-bond acceptors (Lipinski definition) is 4. The molecule has 1 aromatic rings. The first-order valence-electron chi connectivity index (χ1n) is 7.96. The summed E-state index contributed by atoms with van der Waals surface area (Å²) in [7, 11) is 1.65. The molecule has 3 atom stereocenters. The molecule has 2 fully saturated rings. The summed E-state index contributed by atoms with van der Waals surface area (Å²) in [5, 5.41) is 10.6. The number of β-amino-alcohol motifs (C(OH)–C–C–N with tert-alkyl or cyclic N) is 1. The fourth-order valence-corrected chi connectivity index (χ4v) is 3.67. The molecular formula is C17H25NO3. The van der Waals surface area contributed by atoms with Gasteiger partial charge in [-0.2, -0.15) is 0 Å². The molecule has 1 saturated heterocycles. The molecule has 0 amide bonds. The highest BCUT2D eigenvalue weighted by Gasteiger charge is 2.35. The Kier molecular flexibility index (Phi) is 4.78. The number of para-hydroxylation sites is 1. The molecule has 3 rings (SSSR count). The highest BCUT2D eigenvalue weighted by atomic mass is 16.5. The lowest BCUT2D eigenvalue weighted by atomic mass is 9.89. The van der Waals surface area contributed by atoms with Crippen molar-refractivity contribution in [3.05, 3.63) is 29.8 Å². The predicted molar refractivity (Wildman–Crippen MR) is 81.5 cm³/mol. The molecule has 1 saturated carbocycles. The minimum Gasteiger partial charge on any atom is -0.496 e. The Morgan fingerprint density at radius 2 is 2.14 bits per heavy atom. The van der Waals surface area contributed by atoms with Gasteiger partial charge in [0.2, 0.25) is 0 Å². The molecule has 0 aromatic heterocycles. The van der Waals surface area contributed by atoms with Crippen LogP contribution in [0.4, 0.5) is 0 Å². The largest absolute Gasteiger partial charge is 0.496 e. The van der Waals surface area contributed by atoms with Gasteiger partial charge in [0.25, 0.3) is 0 Å². The summed E-state index contributed by atoms with van der Waals surface area (Å²) in [4.78, 5) is 2.41. The van der Waals surface area contributed by atoms with E-state index in [1.807, 2.05) is 24.3 Å². The molecule has 0 bridgehead atoms. The van der Waals surface area contributed by atoms with Gasteiger partial charge in [0.15, 0.2) is 0 Å². The van der Waals surface area contributed by atoms with Crippen molar-refractivity contribution >= 4 is 0 Å². The van der Waals surface area contributed by atoms with E-state index in [0.717, 1.165) is 30.9 Å². The van der Waals surface area contributed by atoms with E-state index in [2.05, 4.69) is 4.90 Å². The van der Waals surface area contributed by atoms with Crippen LogP contribution in [0.1, 0.15) is 37.4 Å². The molecule has 4 nitrogen and oxygen atoms in total. The van der Waals surface area contributed by atoms with E-state index in [1.165, 1.54) is 19.3 Å². The van der Waals surface area contributed by atoms with Crippen LogP contribution in [0.3, 0.4) is 0 Å². The Labute approximate surface area is 126 Å². The fraction of sp³-hybridized carbons (Fsp3) is 0.647. The van der Waals surface area contributed by atoms with Crippen LogP contribution in [-0.2, 0) is 4.74 Å². The highest BCUT2D eigenvalue weighted by Crippen LogP contribution is 2.31. The van der Waals surface area contributed by atoms with Crippen molar-refractivity contribution in [1.82, 2.24) is 4.90 Å². The van der Waals surface area contributed by atoms with Crippen LogP contribution < -0.4 is 4.74 Å². The number of morpholine rings is 1. The topological polar surface area (TPSA) is 41.9 Å². The van der Waals surface area contributed by atoms with Crippen molar-refractivity contribution in [3.8, 4) is 5.75 Å². The Morgan fingerprint density at radius 1 is 1.33 bits per heavy atom. The summed E-state index contributed by atoms with van der Waals surface area (Å²) in [6.45, 7) is 2.35. The third-order valence-electron chi connectivity index (χ3n) is 4.75. The first-order valence-corrected chi connectivity index (χ1v) is 7.96. The van der Waals surface area contributed by atoms with Crippen molar-refractivity contribution in [2.24, 2.45) is 0 Å². The average Bonchev–Trinajstić information content (AvgIpc) is 2.55. The zero-order valence-electron chi connectivity index (χ0n) is 12.7. The highest BCUT2D eigenvalue weighted by molar-refractivity contribution is 5.35. The van der Waals surface area contributed by atoms with Gasteiger partial charge in [0.05, 0.1) is 25.9 Å². The van der Waals surface area contributed by atoms with E-state index in [4.69, 9.17) is 9.47 Å². The molecule has 1 N–H and O–H groups in total. The zero-order valence-corrected chi connectivity index (χ0v) is 12.7. The SMILES string of the molecule is COc1ccccc1C(O)CN1CCOC2CCCCC21. The third kappa shape index (κ3) is 3.23. The van der Waals surface area contributed by atoms with Crippen molar-refractivity contribution < 1.29 is 14.6 Å². The first-order chi connectivity index (χ1) is 10.3. The molecule has 21 heavy (non-hydrogen) atoms. The Balaban J connectivity index is 1.69. The van der Waals surface area contributed by atoms with Crippen LogP contribution in [0.2, 0.25) is 0 Å². The van der Waals surface area contributed by atoms with Crippen molar-refractivity contribution in [2.75, 3.05) is 26.8 Å². The van der Waals surface area contributed by atoms with Gasteiger partial charge in [-0.05, 0) is 18.9 Å². The van der Waals surface area contributed by atoms with Crippen LogP contribution in [-0.4, -0.2) is 49.0 Å². The molecule has 0 spiro atoms. The van der Waals surface area contributed by atoms with Gasteiger partial charge in [-0.3, -0.25) is 4.90 Å². The lowest BCUT2D eigenvalue weighted by Gasteiger charge is -2.44. The predicted octanol–water partition coefficient (Wildman–Crippen LogP) is 2.37. The lowest BCUT2D eigenvalue weighted by molar-refractivity contribution is -0.0975. The van der Waals surface area contributed by atoms with Gasteiger partial charge < -0.3 is 14.6 Å². The monoisotopic (exact) mass is 291 g/mol. The maximum absolute atomic E-state index is 10.6. The van der Waals surface area contributed by atoms with E-state index in [9.17, 15) is 5.11 Å². The second-order valence-electron chi connectivity index (χ2n) is 6.01. The number of nitrogens with zero attached hydrogens (tertiary/aromatic N) is 1. The molecule has 4 heteroatoms. The molecule has 1 aliphatic carbocycles. The average molecular weight is 291 g/mol. The Bertz CT molecular complexity index is 463. The first kappa shape index (κ1) is 14.8. The molecule has 1 heterocycles. The van der Waals surface area contributed by atoms with Crippen LogP contribution in [0.5, 0.6) is 5.75 Å². The maximum Gasteiger partial charge on any atom is 0.124 e. The molecule has 116 valence electrons. The summed E-state index contributed by atoms with van der Waals surface area (Å²) in [6.07, 6.45) is 4.73. The maximum atomic E-state index is 10.6. The van der Waals surface area contributed by atoms with Gasteiger partial charge in [-0.25, -0.2) is 0 Å². The smallest absolute Gasteiger partial charge is 0.124 e. The third-order valence-corrected chi connectivity index (χ3v) is 4.75. The number of benzene rings is 1. The molecule has 1 aromatic carbocycles. The number of fused-ring (bicyclic) bond motifs is 1. The summed E-state index contributed by atoms with van der Waals surface area (Å²) >= 11 is 0. The number of ether oxygens (including phenoxy) is 2. The Morgan fingerprint density at radius 3 is 3.00 bits per heavy atom. The second kappa shape index (κ2) is 6.77. The minimum atomic E-state index is -0.512. The number of methoxy groups -OCH3 is 1. The molecular weight excluding hydrogens is 266 g/mol. The molecule has 0 radical (unpaired) electrons. The summed E-state index contributed by atoms with van der Waals surface area (Å²) in [6, 6.07) is 8.20. The number of hydrogen-bond donors (Lipinski definition) is 1. The van der Waals surface area contributed by atoms with Crippen LogP contribution >= 0.6 is 0 Å². The minimum absolute atomic E-state index is 0.359. The lowest BCUT2D eigenvalue weighted by Crippen LogP contribution is -2.53. The molecule has 2 aliphatic rings. The van der Waals surface area contributed by atoms with E-state index in [0.29, 0.717) is 18.7 Å². The van der Waals surface area contributed by atoms with E-state index in [-0.39, 0.29) is 0 Å². The van der Waals surface area contributed by atoms with Gasteiger partial charge in [-0.15, -0.1) is 0 Å². The van der Waals surface area contributed by atoms with E-state index >= 15 is 0 Å². The fourth-order valence-electron chi connectivity index (χ4n) is 3.67. The van der Waals surface area contributed by atoms with E-state index < -0.39 is 6.10 Å². The van der Waals surface area contributed by atoms with Crippen molar-refractivity contribution in [3.63, 3.8) is 0 Å². The van der Waals surface area contributed by atoms with Crippen molar-refractivity contribution in [1.29, 1.82) is 0 Å². The number of aliphatic hydroxyl groups is 1. The number of rotatable bonds is 4. The zero-order chi connectivity index (χ0) is 14.7. The summed E-state index contributed by atoms with van der Waals surface area (Å²) in [5.41, 5.74) is 0.874. The van der Waals surface area contributed by atoms with Crippen LogP contribution in [0.15, 0.2) is 24.3 Å². The van der Waals surface area contributed by atoms with Gasteiger partial charge in [0.1, 0.15) is 5.75 Å². The summed E-state index contributed by atoms with van der Waals surface area (Å²) in [5.74, 6) is 0.762. The van der Waals surface area contributed by atoms with E-state index in [1.54, 1.807) is 7.11 Å². The molecule has 3 unspecified atom stereocenters.